The third kappa shape index (κ3) is 5.20. The molecule has 7 heteroatoms. The van der Waals surface area contributed by atoms with Gasteiger partial charge in [-0.05, 0) is 43.7 Å². The predicted octanol–water partition coefficient (Wildman–Crippen LogP) is 2.41. The van der Waals surface area contributed by atoms with Crippen LogP contribution < -0.4 is 15.8 Å². The van der Waals surface area contributed by atoms with E-state index in [0.29, 0.717) is 6.54 Å². The summed E-state index contributed by atoms with van der Waals surface area (Å²) in [7, 11) is 1.67. The number of hydrogen-bond acceptors (Lipinski definition) is 4. The number of anilines is 1. The topological polar surface area (TPSA) is 77.6 Å². The van der Waals surface area contributed by atoms with Gasteiger partial charge in [-0.1, -0.05) is 18.2 Å². The number of aromatic nitrogens is 1. The lowest BCUT2D eigenvalue weighted by molar-refractivity contribution is 0.0926. The minimum absolute atomic E-state index is 0.238. The number of hydrazine groups is 1. The normalized spacial score (nSPS) is 10.1. The van der Waals surface area contributed by atoms with Gasteiger partial charge >= 0.3 is 6.03 Å². The summed E-state index contributed by atoms with van der Waals surface area (Å²) in [6.07, 6.45) is 1.52. The lowest BCUT2D eigenvalue weighted by Gasteiger charge is -2.22. The number of nitrogens with one attached hydrogen (secondary N) is 2. The van der Waals surface area contributed by atoms with Crippen LogP contribution in [0.4, 0.5) is 10.5 Å². The van der Waals surface area contributed by atoms with Crippen molar-refractivity contribution in [3.8, 4) is 0 Å². The molecular formula is C19H25N5O2. The minimum atomic E-state index is -0.462. The van der Waals surface area contributed by atoms with E-state index in [2.05, 4.69) is 46.7 Å². The van der Waals surface area contributed by atoms with Gasteiger partial charge in [0.15, 0.2) is 0 Å². The van der Waals surface area contributed by atoms with E-state index in [4.69, 9.17) is 0 Å². The van der Waals surface area contributed by atoms with Gasteiger partial charge in [0.1, 0.15) is 5.69 Å². The highest BCUT2D eigenvalue weighted by Gasteiger charge is 2.12. The second-order valence-electron chi connectivity index (χ2n) is 5.79. The molecular weight excluding hydrogens is 330 g/mol. The fraction of sp³-hybridized carbons (Fsp3) is 0.316. The summed E-state index contributed by atoms with van der Waals surface area (Å²) < 4.78 is 0. The van der Waals surface area contributed by atoms with Crippen LogP contribution in [0.15, 0.2) is 48.7 Å². The molecule has 0 aliphatic heterocycles. The number of benzene rings is 1. The van der Waals surface area contributed by atoms with Crippen molar-refractivity contribution in [3.63, 3.8) is 0 Å². The summed E-state index contributed by atoms with van der Waals surface area (Å²) in [5.41, 5.74) is 7.15. The van der Waals surface area contributed by atoms with Crippen molar-refractivity contribution in [2.75, 3.05) is 25.0 Å². The van der Waals surface area contributed by atoms with Gasteiger partial charge in [0.2, 0.25) is 0 Å². The molecule has 0 bridgehead atoms. The number of pyridine rings is 1. The maximum atomic E-state index is 12.1. The number of carbonyl (C=O) groups excluding carboxylic acids is 2. The van der Waals surface area contributed by atoms with Gasteiger partial charge in [0.25, 0.3) is 5.91 Å². The van der Waals surface area contributed by atoms with Crippen molar-refractivity contribution < 1.29 is 9.59 Å². The van der Waals surface area contributed by atoms with Crippen molar-refractivity contribution in [2.45, 2.75) is 20.4 Å². The molecule has 0 saturated carbocycles. The molecule has 3 amide bonds. The Balaban J connectivity index is 1.85. The van der Waals surface area contributed by atoms with E-state index < -0.39 is 11.9 Å². The number of hydrogen-bond donors (Lipinski definition) is 2. The van der Waals surface area contributed by atoms with Crippen LogP contribution >= 0.6 is 0 Å². The van der Waals surface area contributed by atoms with Gasteiger partial charge in [-0.25, -0.2) is 10.2 Å². The van der Waals surface area contributed by atoms with Crippen molar-refractivity contribution in [1.29, 1.82) is 0 Å². The van der Waals surface area contributed by atoms with Crippen molar-refractivity contribution in [2.24, 2.45) is 0 Å². The predicted molar refractivity (Wildman–Crippen MR) is 102 cm³/mol. The Hall–Kier alpha value is -3.09. The zero-order valence-electron chi connectivity index (χ0n) is 15.4. The Morgan fingerprint density at radius 1 is 1.00 bits per heavy atom. The van der Waals surface area contributed by atoms with E-state index in [-0.39, 0.29) is 5.69 Å². The largest absolute Gasteiger partial charge is 0.372 e. The first-order valence-electron chi connectivity index (χ1n) is 8.61. The van der Waals surface area contributed by atoms with Crippen molar-refractivity contribution in [3.05, 3.63) is 59.9 Å². The van der Waals surface area contributed by atoms with Crippen molar-refractivity contribution in [1.82, 2.24) is 20.7 Å². The fourth-order valence-corrected chi connectivity index (χ4v) is 2.51. The van der Waals surface area contributed by atoms with Crippen LogP contribution in [0, 0.1) is 0 Å². The van der Waals surface area contributed by atoms with Crippen LogP contribution in [-0.2, 0) is 6.54 Å². The van der Waals surface area contributed by atoms with Gasteiger partial charge in [-0.3, -0.25) is 15.2 Å². The van der Waals surface area contributed by atoms with Crippen LogP contribution in [0.3, 0.4) is 0 Å². The van der Waals surface area contributed by atoms with Crippen LogP contribution in [-0.4, -0.2) is 42.0 Å². The molecule has 2 aromatic rings. The summed E-state index contributed by atoms with van der Waals surface area (Å²) >= 11 is 0. The van der Waals surface area contributed by atoms with Gasteiger partial charge in [-0.15, -0.1) is 0 Å². The van der Waals surface area contributed by atoms with E-state index >= 15 is 0 Å². The molecule has 26 heavy (non-hydrogen) atoms. The van der Waals surface area contributed by atoms with Crippen LogP contribution in [0.2, 0.25) is 0 Å². The van der Waals surface area contributed by atoms with E-state index in [1.165, 1.54) is 11.1 Å². The first-order valence-corrected chi connectivity index (χ1v) is 8.61. The lowest BCUT2D eigenvalue weighted by Crippen LogP contribution is -2.47. The number of nitrogens with zero attached hydrogens (tertiary/aromatic N) is 3. The van der Waals surface area contributed by atoms with Crippen molar-refractivity contribution >= 4 is 17.6 Å². The fourth-order valence-electron chi connectivity index (χ4n) is 2.51. The Morgan fingerprint density at radius 3 is 2.27 bits per heavy atom. The molecule has 0 spiro atoms. The number of rotatable bonds is 6. The van der Waals surface area contributed by atoms with E-state index in [0.717, 1.165) is 24.3 Å². The first-order chi connectivity index (χ1) is 12.5. The standard InChI is InChI=1S/C19H25N5O2/c1-4-24(5-2)16-11-9-15(10-12-16)14-23(3)19(26)22-21-18(25)17-8-6-7-13-20-17/h6-13H,4-5,14H2,1-3H3,(H,21,25)(H,22,26). The molecule has 1 aromatic carbocycles. The molecule has 0 aliphatic rings. The van der Waals surface area contributed by atoms with Gasteiger partial charge in [0.05, 0.1) is 0 Å². The first kappa shape index (κ1) is 19.2. The molecule has 0 fully saturated rings. The maximum absolute atomic E-state index is 12.1. The summed E-state index contributed by atoms with van der Waals surface area (Å²) in [6, 6.07) is 12.7. The highest BCUT2D eigenvalue weighted by atomic mass is 16.2. The Kier molecular flexibility index (Phi) is 6.96. The van der Waals surface area contributed by atoms with Gasteiger partial charge in [-0.2, -0.15) is 0 Å². The highest BCUT2D eigenvalue weighted by Crippen LogP contribution is 2.15. The second-order valence-corrected chi connectivity index (χ2v) is 5.79. The maximum Gasteiger partial charge on any atom is 0.336 e. The molecule has 7 nitrogen and oxygen atoms in total. The molecule has 1 heterocycles. The molecule has 138 valence electrons. The molecule has 1 aromatic heterocycles. The zero-order valence-corrected chi connectivity index (χ0v) is 15.4. The van der Waals surface area contributed by atoms with E-state index in [1.54, 1.807) is 25.2 Å². The quantitative estimate of drug-likeness (QED) is 0.780. The number of carbonyl (C=O) groups is 2. The van der Waals surface area contributed by atoms with E-state index in [1.807, 2.05) is 12.1 Å². The molecule has 0 radical (unpaired) electrons. The summed E-state index contributed by atoms with van der Waals surface area (Å²) in [4.78, 5) is 31.7. The molecule has 0 atom stereocenters. The smallest absolute Gasteiger partial charge is 0.336 e. The molecule has 2 rings (SSSR count). The second kappa shape index (κ2) is 9.41. The van der Waals surface area contributed by atoms with E-state index in [9.17, 15) is 9.59 Å². The minimum Gasteiger partial charge on any atom is -0.372 e. The third-order valence-corrected chi connectivity index (χ3v) is 4.01. The summed E-state index contributed by atoms with van der Waals surface area (Å²) in [6.45, 7) is 6.58. The molecule has 0 saturated heterocycles. The van der Waals surface area contributed by atoms with Crippen LogP contribution in [0.5, 0.6) is 0 Å². The van der Waals surface area contributed by atoms with Gasteiger partial charge in [0, 0.05) is 38.6 Å². The zero-order chi connectivity index (χ0) is 18.9. The third-order valence-electron chi connectivity index (χ3n) is 4.01. The lowest BCUT2D eigenvalue weighted by atomic mass is 10.2. The number of urea groups is 1. The molecule has 0 unspecified atom stereocenters. The average Bonchev–Trinajstić information content (AvgIpc) is 2.68. The Labute approximate surface area is 154 Å². The SMILES string of the molecule is CCN(CC)c1ccc(CN(C)C(=O)NNC(=O)c2ccccn2)cc1. The highest BCUT2D eigenvalue weighted by molar-refractivity contribution is 5.93. The molecule has 2 N–H and O–H groups in total. The van der Waals surface area contributed by atoms with Gasteiger partial charge < -0.3 is 9.80 Å². The Bertz CT molecular complexity index is 714. The summed E-state index contributed by atoms with van der Waals surface area (Å²) in [5.74, 6) is -0.462. The monoisotopic (exact) mass is 355 g/mol. The molecule has 0 aliphatic carbocycles. The van der Waals surface area contributed by atoms with Crippen LogP contribution in [0.25, 0.3) is 0 Å². The average molecular weight is 355 g/mol. The number of amides is 3. The summed E-state index contributed by atoms with van der Waals surface area (Å²) in [5, 5.41) is 0. The Morgan fingerprint density at radius 2 is 1.69 bits per heavy atom. The van der Waals surface area contributed by atoms with Crippen LogP contribution in [0.1, 0.15) is 29.9 Å².